The number of allylic oxidation sites excluding steroid dienone is 2. The molecule has 0 aromatic heterocycles. The van der Waals surface area contributed by atoms with Gasteiger partial charge in [-0.1, -0.05) is 11.6 Å². The van der Waals surface area contributed by atoms with Crippen LogP contribution in [0.3, 0.4) is 0 Å². The summed E-state index contributed by atoms with van der Waals surface area (Å²) in [7, 11) is 1.25. The van der Waals surface area contributed by atoms with E-state index in [4.69, 9.17) is 0 Å². The predicted octanol–water partition coefficient (Wildman–Crippen LogP) is 2.70. The fourth-order valence-electron chi connectivity index (χ4n) is 1.69. The Morgan fingerprint density at radius 3 is 2.50 bits per heavy atom. The molecule has 0 aliphatic carbocycles. The zero-order valence-electron chi connectivity index (χ0n) is 11.1. The van der Waals surface area contributed by atoms with Gasteiger partial charge in [0.1, 0.15) is 17.1 Å². The van der Waals surface area contributed by atoms with Crippen LogP contribution in [-0.2, 0) is 11.2 Å². The lowest BCUT2D eigenvalue weighted by atomic mass is 9.99. The lowest BCUT2D eigenvalue weighted by Crippen LogP contribution is -2.06. The second kappa shape index (κ2) is 5.58. The van der Waals surface area contributed by atoms with Crippen molar-refractivity contribution in [3.8, 4) is 11.5 Å². The number of phenolic OH excluding ortho intramolecular Hbond substituents is 2. The van der Waals surface area contributed by atoms with E-state index < -0.39 is 5.97 Å². The second-order valence-corrected chi connectivity index (χ2v) is 4.39. The van der Waals surface area contributed by atoms with Crippen molar-refractivity contribution in [3.05, 3.63) is 34.4 Å². The van der Waals surface area contributed by atoms with Gasteiger partial charge in [-0.3, -0.25) is 0 Å². The molecule has 4 nitrogen and oxygen atoms in total. The van der Waals surface area contributed by atoms with E-state index >= 15 is 0 Å². The maximum atomic E-state index is 11.6. The Kier molecular flexibility index (Phi) is 4.37. The maximum Gasteiger partial charge on any atom is 0.341 e. The summed E-state index contributed by atoms with van der Waals surface area (Å²) in [5.74, 6) is -0.838. The summed E-state index contributed by atoms with van der Waals surface area (Å²) >= 11 is 0. The molecule has 98 valence electrons. The van der Waals surface area contributed by atoms with Gasteiger partial charge in [0, 0.05) is 5.56 Å². The van der Waals surface area contributed by atoms with E-state index in [9.17, 15) is 15.0 Å². The highest BCUT2D eigenvalue weighted by molar-refractivity contribution is 5.95. The standard InChI is InChI=1S/C14H18O4/c1-8(2)5-6-10-11(15)7-9(3)12(13(10)16)14(17)18-4/h5,7,15-16H,6H2,1-4H3. The van der Waals surface area contributed by atoms with E-state index in [1.807, 2.05) is 19.9 Å². The zero-order chi connectivity index (χ0) is 13.9. The van der Waals surface area contributed by atoms with Crippen LogP contribution in [-0.4, -0.2) is 23.3 Å². The number of esters is 1. The lowest BCUT2D eigenvalue weighted by Gasteiger charge is -2.12. The number of aromatic hydroxyl groups is 2. The zero-order valence-corrected chi connectivity index (χ0v) is 11.1. The molecule has 1 aromatic carbocycles. The summed E-state index contributed by atoms with van der Waals surface area (Å²) in [6, 6.07) is 1.46. The van der Waals surface area contributed by atoms with Crippen LogP contribution in [0.1, 0.15) is 35.3 Å². The van der Waals surface area contributed by atoms with Crippen LogP contribution in [0, 0.1) is 6.92 Å². The molecule has 2 N–H and O–H groups in total. The minimum absolute atomic E-state index is 0.0184. The summed E-state index contributed by atoms with van der Waals surface area (Å²) in [6.07, 6.45) is 2.23. The Balaban J connectivity index is 3.35. The summed E-state index contributed by atoms with van der Waals surface area (Å²) in [5.41, 5.74) is 1.99. The van der Waals surface area contributed by atoms with E-state index in [1.165, 1.54) is 13.2 Å². The highest BCUT2D eigenvalue weighted by atomic mass is 16.5. The van der Waals surface area contributed by atoms with Crippen molar-refractivity contribution in [1.29, 1.82) is 0 Å². The SMILES string of the molecule is COC(=O)c1c(C)cc(O)c(CC=C(C)C)c1O. The normalized spacial score (nSPS) is 10.0. The van der Waals surface area contributed by atoms with Gasteiger partial charge in [-0.25, -0.2) is 4.79 Å². The predicted molar refractivity (Wildman–Crippen MR) is 69.0 cm³/mol. The van der Waals surface area contributed by atoms with Gasteiger partial charge in [-0.15, -0.1) is 0 Å². The van der Waals surface area contributed by atoms with Crippen LogP contribution in [0.2, 0.25) is 0 Å². The summed E-state index contributed by atoms with van der Waals surface area (Å²) in [5, 5.41) is 19.9. The molecule has 0 heterocycles. The fourth-order valence-corrected chi connectivity index (χ4v) is 1.69. The first kappa shape index (κ1) is 14.1. The minimum atomic E-state index is -0.608. The fraction of sp³-hybridized carbons (Fsp3) is 0.357. The maximum absolute atomic E-state index is 11.6. The van der Waals surface area contributed by atoms with Crippen molar-refractivity contribution < 1.29 is 19.7 Å². The third-order valence-electron chi connectivity index (χ3n) is 2.68. The number of ether oxygens (including phenoxy) is 1. The Hall–Kier alpha value is -1.97. The Labute approximate surface area is 107 Å². The molecular formula is C14H18O4. The molecule has 0 aliphatic heterocycles. The van der Waals surface area contributed by atoms with Gasteiger partial charge >= 0.3 is 5.97 Å². The Morgan fingerprint density at radius 1 is 1.39 bits per heavy atom. The average Bonchev–Trinajstić information content (AvgIpc) is 2.27. The topological polar surface area (TPSA) is 66.8 Å². The molecule has 0 amide bonds. The van der Waals surface area contributed by atoms with Gasteiger partial charge in [0.25, 0.3) is 0 Å². The van der Waals surface area contributed by atoms with Gasteiger partial charge in [-0.05, 0) is 38.8 Å². The van der Waals surface area contributed by atoms with Crippen LogP contribution >= 0.6 is 0 Å². The van der Waals surface area contributed by atoms with Gasteiger partial charge < -0.3 is 14.9 Å². The molecule has 4 heteroatoms. The number of carbonyl (C=O) groups is 1. The molecule has 0 saturated heterocycles. The molecule has 1 rings (SSSR count). The first-order valence-electron chi connectivity index (χ1n) is 5.64. The van der Waals surface area contributed by atoms with Crippen LogP contribution in [0.4, 0.5) is 0 Å². The lowest BCUT2D eigenvalue weighted by molar-refractivity contribution is 0.0596. The van der Waals surface area contributed by atoms with Crippen LogP contribution in [0.5, 0.6) is 11.5 Å². The van der Waals surface area contributed by atoms with Crippen molar-refractivity contribution in [3.63, 3.8) is 0 Å². The number of phenols is 2. The molecule has 0 bridgehead atoms. The van der Waals surface area contributed by atoms with Crippen molar-refractivity contribution in [2.75, 3.05) is 7.11 Å². The number of benzene rings is 1. The van der Waals surface area contributed by atoms with E-state index in [1.54, 1.807) is 6.92 Å². The van der Waals surface area contributed by atoms with E-state index in [0.29, 0.717) is 17.5 Å². The monoisotopic (exact) mass is 250 g/mol. The van der Waals surface area contributed by atoms with E-state index in [2.05, 4.69) is 4.74 Å². The van der Waals surface area contributed by atoms with Crippen molar-refractivity contribution in [2.45, 2.75) is 27.2 Å². The number of hydrogen-bond donors (Lipinski definition) is 2. The van der Waals surface area contributed by atoms with Gasteiger partial charge in [0.15, 0.2) is 0 Å². The number of aryl methyl sites for hydroxylation is 1. The largest absolute Gasteiger partial charge is 0.508 e. The van der Waals surface area contributed by atoms with Gasteiger partial charge in [-0.2, -0.15) is 0 Å². The van der Waals surface area contributed by atoms with E-state index in [-0.39, 0.29) is 17.1 Å². The van der Waals surface area contributed by atoms with Crippen molar-refractivity contribution in [1.82, 2.24) is 0 Å². The molecule has 0 atom stereocenters. The first-order chi connectivity index (χ1) is 8.38. The molecule has 18 heavy (non-hydrogen) atoms. The third-order valence-corrected chi connectivity index (χ3v) is 2.68. The summed E-state index contributed by atoms with van der Waals surface area (Å²) < 4.78 is 4.62. The van der Waals surface area contributed by atoms with Crippen LogP contribution in [0.15, 0.2) is 17.7 Å². The Bertz CT molecular complexity index is 497. The van der Waals surface area contributed by atoms with Gasteiger partial charge in [0.2, 0.25) is 0 Å². The van der Waals surface area contributed by atoms with Crippen molar-refractivity contribution in [2.24, 2.45) is 0 Å². The minimum Gasteiger partial charge on any atom is -0.508 e. The summed E-state index contributed by atoms with van der Waals surface area (Å²) in [6.45, 7) is 5.48. The number of carbonyl (C=O) groups excluding carboxylic acids is 1. The van der Waals surface area contributed by atoms with Crippen LogP contribution < -0.4 is 0 Å². The molecule has 0 spiro atoms. The second-order valence-electron chi connectivity index (χ2n) is 4.39. The highest BCUT2D eigenvalue weighted by Gasteiger charge is 2.20. The average molecular weight is 250 g/mol. The quantitative estimate of drug-likeness (QED) is 0.639. The van der Waals surface area contributed by atoms with Crippen LogP contribution in [0.25, 0.3) is 0 Å². The van der Waals surface area contributed by atoms with Crippen molar-refractivity contribution >= 4 is 5.97 Å². The highest BCUT2D eigenvalue weighted by Crippen LogP contribution is 2.34. The van der Waals surface area contributed by atoms with E-state index in [0.717, 1.165) is 5.57 Å². The third kappa shape index (κ3) is 2.83. The first-order valence-corrected chi connectivity index (χ1v) is 5.64. The molecule has 1 aromatic rings. The molecule has 0 aliphatic rings. The number of rotatable bonds is 3. The van der Waals surface area contributed by atoms with Gasteiger partial charge in [0.05, 0.1) is 7.11 Å². The number of hydrogen-bond acceptors (Lipinski definition) is 4. The number of methoxy groups -OCH3 is 1. The Morgan fingerprint density at radius 2 is 2.00 bits per heavy atom. The smallest absolute Gasteiger partial charge is 0.341 e. The molecule has 0 radical (unpaired) electrons. The molecule has 0 unspecified atom stereocenters. The molecular weight excluding hydrogens is 232 g/mol. The molecule has 0 saturated carbocycles. The summed E-state index contributed by atoms with van der Waals surface area (Å²) in [4.78, 5) is 11.6. The molecule has 0 fully saturated rings.